The zero-order chi connectivity index (χ0) is 10.4. The van der Waals surface area contributed by atoms with E-state index in [4.69, 9.17) is 0 Å². The van der Waals surface area contributed by atoms with Crippen LogP contribution in [0, 0.1) is 11.8 Å². The van der Waals surface area contributed by atoms with Gasteiger partial charge in [-0.2, -0.15) is 0 Å². The monoisotopic (exact) mass is 198 g/mol. The smallest absolute Gasteiger partial charge is 0.332 e. The minimum absolute atomic E-state index is 0.491. The summed E-state index contributed by atoms with van der Waals surface area (Å²) in [6, 6.07) is 0. The van der Waals surface area contributed by atoms with Gasteiger partial charge in [0.2, 0.25) is 0 Å². The predicted molar refractivity (Wildman–Crippen MR) is 59.5 cm³/mol. The Morgan fingerprint density at radius 1 is 1.50 bits per heavy atom. The van der Waals surface area contributed by atoms with Crippen LogP contribution in [0.4, 0.5) is 0 Å². The summed E-state index contributed by atoms with van der Waals surface area (Å²) < 4.78 is 0. The molecule has 0 amide bonds. The highest BCUT2D eigenvalue weighted by atomic mass is 16.3. The van der Waals surface area contributed by atoms with Crippen molar-refractivity contribution < 1.29 is 10.1 Å². The molecule has 2 atom stereocenters. The van der Waals surface area contributed by atoms with E-state index in [0.29, 0.717) is 5.90 Å². The third-order valence-electron chi connectivity index (χ3n) is 3.33. The van der Waals surface area contributed by atoms with E-state index in [9.17, 15) is 5.11 Å². The zero-order valence-corrected chi connectivity index (χ0v) is 9.55. The molecule has 2 nitrogen and oxygen atoms in total. The lowest BCUT2D eigenvalue weighted by Gasteiger charge is -2.20. The van der Waals surface area contributed by atoms with Crippen molar-refractivity contribution in [2.75, 3.05) is 6.54 Å². The lowest BCUT2D eigenvalue weighted by molar-refractivity contribution is -0.483. The van der Waals surface area contributed by atoms with E-state index in [1.54, 1.807) is 0 Å². The van der Waals surface area contributed by atoms with Crippen molar-refractivity contribution >= 4 is 5.90 Å². The molecule has 0 fully saturated rings. The molecule has 1 aliphatic heterocycles. The van der Waals surface area contributed by atoms with Gasteiger partial charge < -0.3 is 5.11 Å². The number of nitrogens with one attached hydrogen (secondary N) is 1. The Bertz CT molecular complexity index is 189. The van der Waals surface area contributed by atoms with Gasteiger partial charge in [-0.3, -0.25) is 0 Å². The number of rotatable bonds is 5. The van der Waals surface area contributed by atoms with Crippen LogP contribution in [0.2, 0.25) is 0 Å². The average molecular weight is 198 g/mol. The van der Waals surface area contributed by atoms with Gasteiger partial charge in [-0.1, -0.05) is 33.1 Å². The highest BCUT2D eigenvalue weighted by Gasteiger charge is 2.22. The fraction of sp³-hybridized carbons (Fsp3) is 0.917. The Morgan fingerprint density at radius 3 is 2.79 bits per heavy atom. The van der Waals surface area contributed by atoms with E-state index >= 15 is 0 Å². The molecule has 1 aliphatic rings. The number of hydrogen-bond donors (Lipinski definition) is 2. The van der Waals surface area contributed by atoms with E-state index in [1.165, 1.54) is 32.1 Å². The molecule has 0 aliphatic carbocycles. The van der Waals surface area contributed by atoms with Crippen molar-refractivity contribution in [3.05, 3.63) is 0 Å². The second kappa shape index (κ2) is 6.05. The van der Waals surface area contributed by atoms with Gasteiger partial charge in [0.05, 0.1) is 6.42 Å². The van der Waals surface area contributed by atoms with Crippen LogP contribution in [-0.2, 0) is 0 Å². The largest absolute Gasteiger partial charge is 0.464 e. The highest BCUT2D eigenvalue weighted by Crippen LogP contribution is 2.23. The van der Waals surface area contributed by atoms with Crippen LogP contribution in [0.3, 0.4) is 0 Å². The molecule has 2 heteroatoms. The summed E-state index contributed by atoms with van der Waals surface area (Å²) in [5.74, 6) is 2.17. The van der Waals surface area contributed by atoms with Crippen LogP contribution < -0.4 is 4.99 Å². The zero-order valence-electron chi connectivity index (χ0n) is 9.55. The van der Waals surface area contributed by atoms with E-state index in [1.807, 2.05) is 0 Å². The summed E-state index contributed by atoms with van der Waals surface area (Å²) in [5.41, 5.74) is 0. The molecule has 0 saturated carbocycles. The molecule has 0 spiro atoms. The standard InChI is InChI=1S/C12H23NO/c1-3-5-10(4-2)8-11-6-7-12(14)13-9-11/h10-11H,3-9H2,1-2H3,(H,13,14)/p+1. The molecule has 2 N–H and O–H groups in total. The highest BCUT2D eigenvalue weighted by molar-refractivity contribution is 5.67. The van der Waals surface area contributed by atoms with Gasteiger partial charge in [0.25, 0.3) is 0 Å². The van der Waals surface area contributed by atoms with Gasteiger partial charge in [-0.05, 0) is 18.8 Å². The van der Waals surface area contributed by atoms with E-state index in [0.717, 1.165) is 24.8 Å². The van der Waals surface area contributed by atoms with Gasteiger partial charge in [0, 0.05) is 5.92 Å². The first-order valence-corrected chi connectivity index (χ1v) is 6.04. The Labute approximate surface area is 87.4 Å². The molecule has 82 valence electrons. The molecule has 14 heavy (non-hydrogen) atoms. The summed E-state index contributed by atoms with van der Waals surface area (Å²) in [7, 11) is 0. The second-order valence-corrected chi connectivity index (χ2v) is 4.53. The summed E-state index contributed by atoms with van der Waals surface area (Å²) in [6.45, 7) is 5.54. The molecule has 0 aromatic heterocycles. The number of aliphatic hydroxyl groups is 1. The van der Waals surface area contributed by atoms with Gasteiger partial charge >= 0.3 is 5.90 Å². The third-order valence-corrected chi connectivity index (χ3v) is 3.33. The van der Waals surface area contributed by atoms with Crippen molar-refractivity contribution in [2.45, 2.75) is 52.4 Å². The topological polar surface area (TPSA) is 34.2 Å². The molecule has 0 saturated heterocycles. The first kappa shape index (κ1) is 11.5. The van der Waals surface area contributed by atoms with Crippen LogP contribution >= 0.6 is 0 Å². The van der Waals surface area contributed by atoms with Crippen molar-refractivity contribution in [3.8, 4) is 0 Å². The molecule has 0 aromatic carbocycles. The van der Waals surface area contributed by atoms with Crippen LogP contribution in [0.25, 0.3) is 0 Å². The summed E-state index contributed by atoms with van der Waals surface area (Å²) >= 11 is 0. The molecule has 2 unspecified atom stereocenters. The molecule has 1 rings (SSSR count). The Kier molecular flexibility index (Phi) is 4.99. The minimum Gasteiger partial charge on any atom is -0.464 e. The Balaban J connectivity index is 2.29. The van der Waals surface area contributed by atoms with Crippen molar-refractivity contribution in [1.29, 1.82) is 0 Å². The van der Waals surface area contributed by atoms with Crippen LogP contribution in [0.1, 0.15) is 52.4 Å². The quantitative estimate of drug-likeness (QED) is 0.692. The SMILES string of the molecule is CCCC(CC)CC1CCC(O)=[NH+]C1. The number of hydrogen-bond acceptors (Lipinski definition) is 0. The summed E-state index contributed by atoms with van der Waals surface area (Å²) in [4.78, 5) is 3.08. The minimum atomic E-state index is 0.491. The van der Waals surface area contributed by atoms with Crippen LogP contribution in [0.15, 0.2) is 0 Å². The molecule has 0 bridgehead atoms. The molecular weight excluding hydrogens is 174 g/mol. The lowest BCUT2D eigenvalue weighted by Crippen LogP contribution is -2.76. The van der Waals surface area contributed by atoms with Crippen molar-refractivity contribution in [3.63, 3.8) is 0 Å². The first-order valence-electron chi connectivity index (χ1n) is 6.04. The van der Waals surface area contributed by atoms with Gasteiger partial charge in [0.15, 0.2) is 0 Å². The fourth-order valence-corrected chi connectivity index (χ4v) is 2.36. The molecular formula is C12H24NO+. The average Bonchev–Trinajstić information content (AvgIpc) is 2.20. The maximum Gasteiger partial charge on any atom is 0.332 e. The van der Waals surface area contributed by atoms with Crippen LogP contribution in [-0.4, -0.2) is 17.5 Å². The maximum atomic E-state index is 9.23. The molecule has 0 radical (unpaired) electrons. The number of aliphatic hydroxyl groups excluding tert-OH is 1. The molecule has 1 heterocycles. The summed E-state index contributed by atoms with van der Waals surface area (Å²) in [5, 5.41) is 9.23. The predicted octanol–water partition coefficient (Wildman–Crippen LogP) is 1.65. The summed E-state index contributed by atoms with van der Waals surface area (Å²) in [6.07, 6.45) is 7.33. The fourth-order valence-electron chi connectivity index (χ4n) is 2.36. The Hall–Kier alpha value is -0.530. The van der Waals surface area contributed by atoms with Gasteiger partial charge in [-0.15, -0.1) is 0 Å². The van der Waals surface area contributed by atoms with E-state index in [2.05, 4.69) is 18.8 Å². The normalized spacial score (nSPS) is 24.4. The maximum absolute atomic E-state index is 9.23. The van der Waals surface area contributed by atoms with E-state index in [-0.39, 0.29) is 0 Å². The second-order valence-electron chi connectivity index (χ2n) is 4.53. The van der Waals surface area contributed by atoms with Crippen molar-refractivity contribution in [2.24, 2.45) is 11.8 Å². The molecule has 0 aromatic rings. The lowest BCUT2D eigenvalue weighted by atomic mass is 9.86. The van der Waals surface area contributed by atoms with Gasteiger partial charge in [0.1, 0.15) is 6.54 Å². The van der Waals surface area contributed by atoms with Crippen LogP contribution in [0.5, 0.6) is 0 Å². The van der Waals surface area contributed by atoms with Gasteiger partial charge in [-0.25, -0.2) is 4.99 Å². The Morgan fingerprint density at radius 2 is 2.29 bits per heavy atom. The van der Waals surface area contributed by atoms with Crippen molar-refractivity contribution in [1.82, 2.24) is 0 Å². The van der Waals surface area contributed by atoms with E-state index < -0.39 is 0 Å². The third kappa shape index (κ3) is 3.69. The first-order chi connectivity index (χ1) is 6.76.